The van der Waals surface area contributed by atoms with Gasteiger partial charge in [-0.25, -0.2) is 9.05 Å². The minimum absolute atomic E-state index is 0.00367. The summed E-state index contributed by atoms with van der Waals surface area (Å²) < 4.78 is 6.64. The monoisotopic (exact) mass is 897 g/mol. The van der Waals surface area contributed by atoms with E-state index in [1.165, 1.54) is 97.9 Å². The lowest BCUT2D eigenvalue weighted by molar-refractivity contribution is -0.776. The molecular weight excluding hydrogens is 813 g/mol. The van der Waals surface area contributed by atoms with E-state index in [0.29, 0.717) is 11.8 Å². The molecular formula is C63H84N4+2. The van der Waals surface area contributed by atoms with Crippen LogP contribution in [0.3, 0.4) is 0 Å². The Morgan fingerprint density at radius 1 is 0.597 bits per heavy atom. The molecule has 0 spiro atoms. The molecule has 5 atom stereocenters. The van der Waals surface area contributed by atoms with Gasteiger partial charge in [0.05, 0.1) is 12.1 Å². The van der Waals surface area contributed by atoms with E-state index in [1.54, 1.807) is 11.4 Å². The largest absolute Gasteiger partial charge is 0.330 e. The van der Waals surface area contributed by atoms with Crippen LogP contribution in [0.1, 0.15) is 211 Å². The molecule has 2 bridgehead atoms. The normalized spacial score (nSPS) is 29.4. The molecule has 11 rings (SSSR count). The van der Waals surface area contributed by atoms with Gasteiger partial charge in [0.15, 0.2) is 23.2 Å². The molecule has 5 aromatic rings. The maximum Gasteiger partial charge on any atom is 0.295 e. The van der Waals surface area contributed by atoms with Gasteiger partial charge in [-0.05, 0) is 156 Å². The Kier molecular flexibility index (Phi) is 9.04. The number of quaternary nitrogens is 1. The molecule has 354 valence electrons. The van der Waals surface area contributed by atoms with Crippen molar-refractivity contribution in [3.8, 4) is 17.1 Å². The Morgan fingerprint density at radius 2 is 1.12 bits per heavy atom. The number of rotatable bonds is 6. The van der Waals surface area contributed by atoms with E-state index in [-0.39, 0.29) is 49.6 Å². The Balaban J connectivity index is 1.28. The number of nitrogens with zero attached hydrogens (tertiary/aromatic N) is 3. The van der Waals surface area contributed by atoms with Crippen LogP contribution in [0.25, 0.3) is 17.1 Å². The first-order valence-electron chi connectivity index (χ1n) is 26.6. The van der Waals surface area contributed by atoms with E-state index in [1.807, 2.05) is 0 Å². The quantitative estimate of drug-likeness (QED) is 0.133. The van der Waals surface area contributed by atoms with Crippen molar-refractivity contribution in [3.63, 3.8) is 0 Å². The summed E-state index contributed by atoms with van der Waals surface area (Å²) in [6.45, 7) is 48.7. The van der Waals surface area contributed by atoms with Crippen LogP contribution >= 0.6 is 0 Å². The second-order valence-corrected chi connectivity index (χ2v) is 26.3. The second-order valence-electron chi connectivity index (χ2n) is 26.3. The van der Waals surface area contributed by atoms with Gasteiger partial charge in [-0.1, -0.05) is 133 Å². The average molecular weight is 897 g/mol. The van der Waals surface area contributed by atoms with Gasteiger partial charge in [-0.15, -0.1) is 0 Å². The van der Waals surface area contributed by atoms with E-state index < -0.39 is 0 Å². The fourth-order valence-electron chi connectivity index (χ4n) is 17.1. The van der Waals surface area contributed by atoms with Gasteiger partial charge in [-0.3, -0.25) is 0 Å². The maximum absolute atomic E-state index is 4.66. The van der Waals surface area contributed by atoms with Crippen LogP contribution in [0.2, 0.25) is 0 Å². The zero-order valence-electron chi connectivity index (χ0n) is 45.2. The van der Waals surface area contributed by atoms with Gasteiger partial charge in [0.25, 0.3) is 5.82 Å². The highest BCUT2D eigenvalue weighted by atomic mass is 15.5. The molecule has 0 saturated heterocycles. The Labute approximate surface area is 405 Å². The number of fused-ring (bicyclic) bond motifs is 12. The first kappa shape index (κ1) is 45.3. The number of aryl methyl sites for hydroxylation is 3. The number of hydrogen-bond donors (Lipinski definition) is 1. The van der Waals surface area contributed by atoms with Gasteiger partial charge in [-0.2, -0.15) is 4.57 Å². The molecule has 0 amide bonds. The Bertz CT molecular complexity index is 2940. The summed E-state index contributed by atoms with van der Waals surface area (Å²) in [5.41, 5.74) is 21.6. The topological polar surface area (TPSA) is 20.8 Å². The number of hydrogen-bond acceptors (Lipinski definition) is 1. The summed E-state index contributed by atoms with van der Waals surface area (Å²) in [7, 11) is 0. The molecule has 3 heterocycles. The standard InChI is InChI=1S/C63H84N4/c1-20-63(21-2)62(19,43-29-24-23-28-42(43)54-65(51-37(4)26-25-27-38(51)5)52-40-30-31-41(33-40)53(52)66(54)63)55-64-48-34-45-47(59(13,14)61(17,18)57(45,9)10)36-50(48)67(55,22-3)49-35-46-44(32-39(49)6)56(7,8)60(15,16)58(46,11)12/h23-29,32,34-36,40-41,55,64H,20-22,30-31,33H2,1-19H3/q+2. The van der Waals surface area contributed by atoms with E-state index >= 15 is 0 Å². The van der Waals surface area contributed by atoms with Gasteiger partial charge in [0, 0.05) is 29.5 Å². The summed E-state index contributed by atoms with van der Waals surface area (Å²) in [5, 5.41) is 4.66. The zero-order chi connectivity index (χ0) is 48.4. The van der Waals surface area contributed by atoms with E-state index in [9.17, 15) is 0 Å². The van der Waals surface area contributed by atoms with Gasteiger partial charge < -0.3 is 5.32 Å². The number of likely N-dealkylation sites (N-methyl/N-ethyl adjacent to an activating group) is 1. The Hall–Kier alpha value is -4.15. The van der Waals surface area contributed by atoms with Crippen LogP contribution in [0.4, 0.5) is 17.1 Å². The van der Waals surface area contributed by atoms with E-state index in [2.05, 4.69) is 213 Å². The molecule has 1 fully saturated rings. The van der Waals surface area contributed by atoms with Crippen molar-refractivity contribution in [2.45, 2.75) is 214 Å². The third-order valence-corrected chi connectivity index (χ3v) is 23.4. The number of anilines is 1. The zero-order valence-corrected chi connectivity index (χ0v) is 45.2. The lowest BCUT2D eigenvalue weighted by Crippen LogP contribution is -2.77. The SMILES string of the molecule is CCC1(CC)[n+]2c3c(n(-c4c(C)cccc4C)c2-c2ccccc2C1(C)C1Nc2cc4c(cc2[N+]1(CC)c1cc2c(cc1C)C(C)(C)C(C)(C)C2(C)C)C(C)(C)C(C)(C)C4(C)C)C1CCC3C1. The van der Waals surface area contributed by atoms with Gasteiger partial charge in [0.1, 0.15) is 28.0 Å². The van der Waals surface area contributed by atoms with Crippen molar-refractivity contribution >= 4 is 17.1 Å². The summed E-state index contributed by atoms with van der Waals surface area (Å²) in [5.74, 6) is 2.59. The molecule has 1 N–H and O–H groups in total. The van der Waals surface area contributed by atoms with Crippen LogP contribution in [0.5, 0.6) is 0 Å². The molecule has 4 aliphatic carbocycles. The highest BCUT2D eigenvalue weighted by Gasteiger charge is 2.72. The van der Waals surface area contributed by atoms with Crippen molar-refractivity contribution in [1.29, 1.82) is 0 Å². The third-order valence-electron chi connectivity index (χ3n) is 23.4. The molecule has 2 aliphatic heterocycles. The van der Waals surface area contributed by atoms with Crippen molar-refractivity contribution in [1.82, 2.24) is 9.05 Å². The van der Waals surface area contributed by atoms with E-state index in [4.69, 9.17) is 0 Å². The minimum atomic E-state index is -0.364. The highest BCUT2D eigenvalue weighted by Crippen LogP contribution is 2.69. The fraction of sp³-hybridized carbons (Fsp3) is 0.571. The molecule has 1 saturated carbocycles. The second kappa shape index (κ2) is 13.4. The van der Waals surface area contributed by atoms with Crippen LogP contribution in [-0.4, -0.2) is 17.3 Å². The molecule has 4 heteroatoms. The van der Waals surface area contributed by atoms with Crippen LogP contribution in [0.15, 0.2) is 66.7 Å². The first-order chi connectivity index (χ1) is 31.2. The molecule has 4 nitrogen and oxygen atoms in total. The first-order valence-corrected chi connectivity index (χ1v) is 26.6. The van der Waals surface area contributed by atoms with Crippen molar-refractivity contribution < 1.29 is 4.57 Å². The molecule has 6 aliphatic rings. The number of benzene rings is 4. The van der Waals surface area contributed by atoms with Crippen LogP contribution in [0, 0.1) is 31.6 Å². The predicted molar refractivity (Wildman–Crippen MR) is 283 cm³/mol. The summed E-state index contributed by atoms with van der Waals surface area (Å²) in [6.07, 6.45) is 5.94. The lowest BCUT2D eigenvalue weighted by atomic mass is 9.58. The van der Waals surface area contributed by atoms with Gasteiger partial charge >= 0.3 is 0 Å². The third kappa shape index (κ3) is 4.76. The van der Waals surface area contributed by atoms with E-state index in [0.717, 1.165) is 23.9 Å². The average Bonchev–Trinajstić information content (AvgIpc) is 4.08. The van der Waals surface area contributed by atoms with Gasteiger partial charge in [0.2, 0.25) is 0 Å². The molecule has 1 aromatic heterocycles. The summed E-state index contributed by atoms with van der Waals surface area (Å²) in [6, 6.07) is 27.5. The molecule has 5 unspecified atom stereocenters. The number of imidazole rings is 1. The predicted octanol–water partition coefficient (Wildman–Crippen LogP) is 15.8. The van der Waals surface area contributed by atoms with Crippen LogP contribution < -0.4 is 14.4 Å². The molecule has 4 aromatic carbocycles. The molecule has 67 heavy (non-hydrogen) atoms. The number of nitrogens with one attached hydrogen (secondary N) is 1. The number of aromatic nitrogens is 2. The molecule has 0 radical (unpaired) electrons. The Morgan fingerprint density at radius 3 is 1.69 bits per heavy atom. The summed E-state index contributed by atoms with van der Waals surface area (Å²) in [4.78, 5) is 0. The van der Waals surface area contributed by atoms with Crippen molar-refractivity contribution in [2.75, 3.05) is 11.9 Å². The fourth-order valence-corrected chi connectivity index (χ4v) is 17.1. The van der Waals surface area contributed by atoms with Crippen molar-refractivity contribution in [3.05, 3.63) is 123 Å². The maximum atomic E-state index is 4.66. The lowest BCUT2D eigenvalue weighted by Gasteiger charge is -2.56. The summed E-state index contributed by atoms with van der Waals surface area (Å²) >= 11 is 0. The minimum Gasteiger partial charge on any atom is -0.330 e. The van der Waals surface area contributed by atoms with Crippen molar-refractivity contribution in [2.24, 2.45) is 10.8 Å². The highest BCUT2D eigenvalue weighted by molar-refractivity contribution is 5.85. The number of para-hydroxylation sites is 1. The van der Waals surface area contributed by atoms with Crippen LogP contribution in [-0.2, 0) is 32.6 Å². The smallest absolute Gasteiger partial charge is 0.295 e.